The molecule has 7 nitrogen and oxygen atoms in total. The highest BCUT2D eigenvalue weighted by molar-refractivity contribution is 7.92. The summed E-state index contributed by atoms with van der Waals surface area (Å²) < 4.78 is 27.6. The van der Waals surface area contributed by atoms with Crippen molar-refractivity contribution >= 4 is 27.4 Å². The first-order valence-electron chi connectivity index (χ1n) is 10.8. The zero-order valence-electron chi connectivity index (χ0n) is 18.7. The molecular weight excluding hydrogens is 412 g/mol. The Hall–Kier alpha value is -2.61. The average Bonchev–Trinajstić information content (AvgIpc) is 2.79. The van der Waals surface area contributed by atoms with Gasteiger partial charge < -0.3 is 9.80 Å². The molecule has 2 heterocycles. The summed E-state index contributed by atoms with van der Waals surface area (Å²) in [7, 11) is -1.83. The third-order valence-electron chi connectivity index (χ3n) is 5.93. The first kappa shape index (κ1) is 23.1. The second kappa shape index (κ2) is 9.68. The summed E-state index contributed by atoms with van der Waals surface area (Å²) in [6.07, 6.45) is 2.98. The molecule has 1 aliphatic heterocycles. The lowest BCUT2D eigenvalue weighted by Crippen LogP contribution is -2.43. The normalized spacial score (nSPS) is 15.2. The number of rotatable bonds is 7. The molecule has 0 radical (unpaired) electrons. The fourth-order valence-corrected chi connectivity index (χ4v) is 5.24. The molecule has 1 aromatic heterocycles. The Morgan fingerprint density at radius 3 is 2.29 bits per heavy atom. The average molecular weight is 445 g/mol. The van der Waals surface area contributed by atoms with Gasteiger partial charge in [0.1, 0.15) is 10.7 Å². The lowest BCUT2D eigenvalue weighted by Gasteiger charge is -2.35. The molecule has 0 spiro atoms. The third kappa shape index (κ3) is 5.01. The Bertz CT molecular complexity index is 970. The number of piperidine rings is 1. The van der Waals surface area contributed by atoms with Crippen molar-refractivity contribution in [1.29, 1.82) is 0 Å². The number of aromatic nitrogens is 1. The van der Waals surface area contributed by atoms with Crippen LogP contribution in [0.5, 0.6) is 0 Å². The van der Waals surface area contributed by atoms with Gasteiger partial charge in [0.05, 0.1) is 5.69 Å². The molecule has 8 heteroatoms. The monoisotopic (exact) mass is 444 g/mol. The summed E-state index contributed by atoms with van der Waals surface area (Å²) >= 11 is 0. The first-order valence-corrected chi connectivity index (χ1v) is 12.2. The molecule has 2 aromatic rings. The smallest absolute Gasteiger partial charge is 0.265 e. The lowest BCUT2D eigenvalue weighted by atomic mass is 9.95. The molecule has 0 atom stereocenters. The predicted octanol–water partition coefficient (Wildman–Crippen LogP) is 3.38. The van der Waals surface area contributed by atoms with Crippen LogP contribution in [0.4, 0.5) is 11.5 Å². The van der Waals surface area contributed by atoms with Crippen LogP contribution >= 0.6 is 0 Å². The van der Waals surface area contributed by atoms with Crippen LogP contribution in [0.15, 0.2) is 53.6 Å². The van der Waals surface area contributed by atoms with Gasteiger partial charge in [-0.1, -0.05) is 18.2 Å². The van der Waals surface area contributed by atoms with Gasteiger partial charge in [0.15, 0.2) is 0 Å². The van der Waals surface area contributed by atoms with Gasteiger partial charge >= 0.3 is 0 Å². The summed E-state index contributed by atoms with van der Waals surface area (Å²) in [5.41, 5.74) is 0.632. The van der Waals surface area contributed by atoms with Gasteiger partial charge in [-0.3, -0.25) is 9.10 Å². The molecule has 1 aliphatic rings. The molecular formula is C23H32N4O3S. The van der Waals surface area contributed by atoms with E-state index in [-0.39, 0.29) is 22.8 Å². The minimum atomic E-state index is -3.69. The van der Waals surface area contributed by atoms with E-state index in [4.69, 9.17) is 0 Å². The maximum Gasteiger partial charge on any atom is 0.265 e. The minimum absolute atomic E-state index is 0.0345. The van der Waals surface area contributed by atoms with E-state index in [1.807, 2.05) is 50.9 Å². The van der Waals surface area contributed by atoms with Gasteiger partial charge in [0.2, 0.25) is 5.91 Å². The number of para-hydroxylation sites is 1. The molecule has 31 heavy (non-hydrogen) atoms. The van der Waals surface area contributed by atoms with E-state index in [0.29, 0.717) is 12.2 Å². The highest BCUT2D eigenvalue weighted by atomic mass is 32.2. The number of hydrogen-bond donors (Lipinski definition) is 0. The summed E-state index contributed by atoms with van der Waals surface area (Å²) in [5.74, 6) is 0.974. The molecule has 0 aliphatic carbocycles. The van der Waals surface area contributed by atoms with E-state index < -0.39 is 10.0 Å². The van der Waals surface area contributed by atoms with Crippen molar-refractivity contribution in [1.82, 2.24) is 9.88 Å². The maximum atomic E-state index is 13.1. The van der Waals surface area contributed by atoms with Crippen LogP contribution < -0.4 is 9.21 Å². The SMILES string of the molecule is CCN(c1ccccc1)S(=O)(=O)c1ccc(N2CCC(C(=O)N(C)C(C)C)CC2)nc1. The number of benzene rings is 1. The largest absolute Gasteiger partial charge is 0.357 e. The van der Waals surface area contributed by atoms with Crippen LogP contribution in [0, 0.1) is 5.92 Å². The molecule has 1 saturated heterocycles. The number of carbonyl (C=O) groups is 1. The zero-order chi connectivity index (χ0) is 22.6. The highest BCUT2D eigenvalue weighted by Crippen LogP contribution is 2.26. The van der Waals surface area contributed by atoms with Gasteiger partial charge in [-0.05, 0) is 57.9 Å². The van der Waals surface area contributed by atoms with Crippen molar-refractivity contribution in [3.05, 3.63) is 48.7 Å². The fourth-order valence-electron chi connectivity index (χ4n) is 3.82. The van der Waals surface area contributed by atoms with E-state index in [9.17, 15) is 13.2 Å². The van der Waals surface area contributed by atoms with Crippen LogP contribution in [0.1, 0.15) is 33.6 Å². The van der Waals surface area contributed by atoms with Crippen molar-refractivity contribution in [2.75, 3.05) is 35.9 Å². The molecule has 0 bridgehead atoms. The Balaban J connectivity index is 1.69. The molecule has 0 N–H and O–H groups in total. The molecule has 168 valence electrons. The van der Waals surface area contributed by atoms with Crippen LogP contribution in [-0.2, 0) is 14.8 Å². The van der Waals surface area contributed by atoms with Crippen LogP contribution in [0.2, 0.25) is 0 Å². The third-order valence-corrected chi connectivity index (χ3v) is 7.82. The Morgan fingerprint density at radius 2 is 1.77 bits per heavy atom. The van der Waals surface area contributed by atoms with Gasteiger partial charge in [0.25, 0.3) is 10.0 Å². The van der Waals surface area contributed by atoms with Gasteiger partial charge in [-0.2, -0.15) is 0 Å². The van der Waals surface area contributed by atoms with Crippen molar-refractivity contribution in [3.63, 3.8) is 0 Å². The van der Waals surface area contributed by atoms with E-state index in [0.717, 1.165) is 31.7 Å². The number of nitrogens with zero attached hydrogens (tertiary/aromatic N) is 4. The van der Waals surface area contributed by atoms with E-state index in [2.05, 4.69) is 9.88 Å². The molecule has 0 saturated carbocycles. The summed E-state index contributed by atoms with van der Waals surface area (Å²) in [4.78, 5) is 21.1. The molecule has 1 fully saturated rings. The maximum absolute atomic E-state index is 13.1. The van der Waals surface area contributed by atoms with Gasteiger partial charge in [0, 0.05) is 44.8 Å². The molecule has 1 aromatic carbocycles. The predicted molar refractivity (Wildman–Crippen MR) is 124 cm³/mol. The van der Waals surface area contributed by atoms with E-state index >= 15 is 0 Å². The van der Waals surface area contributed by atoms with Crippen molar-refractivity contribution in [2.45, 2.75) is 44.6 Å². The van der Waals surface area contributed by atoms with Crippen molar-refractivity contribution in [2.24, 2.45) is 5.92 Å². The number of amides is 1. The van der Waals surface area contributed by atoms with Crippen molar-refractivity contribution in [3.8, 4) is 0 Å². The number of anilines is 2. The summed E-state index contributed by atoms with van der Waals surface area (Å²) in [6.45, 7) is 7.64. The van der Waals surface area contributed by atoms with Crippen LogP contribution in [-0.4, -0.2) is 56.9 Å². The lowest BCUT2D eigenvalue weighted by molar-refractivity contribution is -0.136. The number of carbonyl (C=O) groups excluding carboxylic acids is 1. The first-order chi connectivity index (χ1) is 14.8. The Labute approximate surface area is 185 Å². The Morgan fingerprint density at radius 1 is 1.13 bits per heavy atom. The van der Waals surface area contributed by atoms with Crippen LogP contribution in [0.3, 0.4) is 0 Å². The highest BCUT2D eigenvalue weighted by Gasteiger charge is 2.29. The number of hydrogen-bond acceptors (Lipinski definition) is 5. The summed E-state index contributed by atoms with van der Waals surface area (Å²) in [6, 6.07) is 12.6. The molecule has 1 amide bonds. The topological polar surface area (TPSA) is 73.8 Å². The number of pyridine rings is 1. The molecule has 0 unspecified atom stereocenters. The second-order valence-corrected chi connectivity index (χ2v) is 10.0. The quantitative estimate of drug-likeness (QED) is 0.655. The number of sulfonamides is 1. The standard InChI is InChI=1S/C23H32N4O3S/c1-5-27(20-9-7-6-8-10-20)31(29,30)21-11-12-22(24-17-21)26-15-13-19(14-16-26)23(28)25(4)18(2)3/h6-12,17-19H,5,13-16H2,1-4H3. The molecule has 3 rings (SSSR count). The van der Waals surface area contributed by atoms with E-state index in [1.54, 1.807) is 24.3 Å². The van der Waals surface area contributed by atoms with Gasteiger partial charge in [-0.25, -0.2) is 13.4 Å². The fraction of sp³-hybridized carbons (Fsp3) is 0.478. The van der Waals surface area contributed by atoms with Crippen LogP contribution in [0.25, 0.3) is 0 Å². The Kier molecular flexibility index (Phi) is 7.20. The minimum Gasteiger partial charge on any atom is -0.357 e. The van der Waals surface area contributed by atoms with Crippen molar-refractivity contribution < 1.29 is 13.2 Å². The van der Waals surface area contributed by atoms with Gasteiger partial charge in [-0.15, -0.1) is 0 Å². The second-order valence-electron chi connectivity index (χ2n) is 8.16. The summed E-state index contributed by atoms with van der Waals surface area (Å²) in [5, 5.41) is 0. The van der Waals surface area contributed by atoms with E-state index in [1.165, 1.54) is 10.5 Å². The zero-order valence-corrected chi connectivity index (χ0v) is 19.5.